The molecule has 0 amide bonds. The Morgan fingerprint density at radius 1 is 1.33 bits per heavy atom. The third-order valence-corrected chi connectivity index (χ3v) is 2.11. The quantitative estimate of drug-likeness (QED) is 0.735. The van der Waals surface area contributed by atoms with Gasteiger partial charge in [-0.2, -0.15) is 0 Å². The fraction of sp³-hybridized carbons (Fsp3) is 0.429. The van der Waals surface area contributed by atoms with Crippen LogP contribution in [0.2, 0.25) is 0 Å². The van der Waals surface area contributed by atoms with E-state index in [0.29, 0.717) is 10.9 Å². The number of rotatable bonds is 3. The second-order valence-electron chi connectivity index (χ2n) is 2.34. The largest absolute Gasteiger partial charge is 0.389 e. The molecule has 66 valence electrons. The van der Waals surface area contributed by atoms with Gasteiger partial charge in [0.05, 0.1) is 6.10 Å². The first-order chi connectivity index (χ1) is 5.75. The summed E-state index contributed by atoms with van der Waals surface area (Å²) in [6.45, 7) is 0. The molecule has 0 bridgehead atoms. The van der Waals surface area contributed by atoms with Crippen molar-refractivity contribution >= 4 is 15.9 Å². The first-order valence-electron chi connectivity index (χ1n) is 3.42. The maximum atomic E-state index is 9.43. The lowest BCUT2D eigenvalue weighted by Gasteiger charge is -2.14. The lowest BCUT2D eigenvalue weighted by molar-refractivity contribution is 0.0338. The molecule has 1 heterocycles. The second kappa shape index (κ2) is 4.49. The van der Waals surface area contributed by atoms with Crippen molar-refractivity contribution in [2.75, 3.05) is 5.33 Å². The summed E-state index contributed by atoms with van der Waals surface area (Å²) in [6, 6.07) is 0. The van der Waals surface area contributed by atoms with E-state index in [2.05, 4.69) is 25.9 Å². The van der Waals surface area contributed by atoms with Crippen LogP contribution in [0.3, 0.4) is 0 Å². The molecule has 1 rings (SSSR count). The minimum atomic E-state index is -0.925. The van der Waals surface area contributed by atoms with Crippen molar-refractivity contribution in [1.82, 2.24) is 9.97 Å². The van der Waals surface area contributed by atoms with Gasteiger partial charge in [-0.1, -0.05) is 15.9 Å². The lowest BCUT2D eigenvalue weighted by Crippen LogP contribution is -2.19. The molecule has 2 unspecified atom stereocenters. The topological polar surface area (TPSA) is 66.2 Å². The molecule has 5 heteroatoms. The molecule has 0 aliphatic carbocycles. The fourth-order valence-corrected chi connectivity index (χ4v) is 1.12. The molecule has 0 fully saturated rings. The van der Waals surface area contributed by atoms with Gasteiger partial charge in [0.25, 0.3) is 0 Å². The van der Waals surface area contributed by atoms with Crippen molar-refractivity contribution in [3.8, 4) is 0 Å². The smallest absolute Gasteiger partial charge is 0.115 e. The minimum Gasteiger partial charge on any atom is -0.389 e. The highest BCUT2D eigenvalue weighted by Crippen LogP contribution is 2.15. The average Bonchev–Trinajstić information content (AvgIpc) is 2.17. The maximum Gasteiger partial charge on any atom is 0.115 e. The average molecular weight is 233 g/mol. The highest BCUT2D eigenvalue weighted by atomic mass is 79.9. The number of hydrogen-bond acceptors (Lipinski definition) is 4. The van der Waals surface area contributed by atoms with E-state index in [9.17, 15) is 10.2 Å². The van der Waals surface area contributed by atoms with Crippen molar-refractivity contribution < 1.29 is 10.2 Å². The van der Waals surface area contributed by atoms with E-state index < -0.39 is 12.2 Å². The maximum absolute atomic E-state index is 9.43. The molecule has 1 aromatic heterocycles. The van der Waals surface area contributed by atoms with Crippen LogP contribution in [0, 0.1) is 0 Å². The zero-order valence-corrected chi connectivity index (χ0v) is 7.85. The summed E-state index contributed by atoms with van der Waals surface area (Å²) in [5, 5.41) is 19.0. The van der Waals surface area contributed by atoms with Crippen molar-refractivity contribution in [2.24, 2.45) is 0 Å². The summed E-state index contributed by atoms with van der Waals surface area (Å²) in [5.41, 5.74) is 0.518. The molecule has 2 atom stereocenters. The van der Waals surface area contributed by atoms with E-state index in [1.165, 1.54) is 18.7 Å². The van der Waals surface area contributed by atoms with Crippen LogP contribution in [0.5, 0.6) is 0 Å². The van der Waals surface area contributed by atoms with Crippen molar-refractivity contribution in [3.63, 3.8) is 0 Å². The molecule has 0 spiro atoms. The van der Waals surface area contributed by atoms with Gasteiger partial charge >= 0.3 is 0 Å². The molecule has 1 aromatic rings. The van der Waals surface area contributed by atoms with Gasteiger partial charge in [-0.3, -0.25) is 0 Å². The van der Waals surface area contributed by atoms with Gasteiger partial charge in [0.1, 0.15) is 12.4 Å². The Morgan fingerprint density at radius 2 is 1.92 bits per heavy atom. The van der Waals surface area contributed by atoms with E-state index in [4.69, 9.17) is 0 Å². The summed E-state index contributed by atoms with van der Waals surface area (Å²) < 4.78 is 0. The number of aromatic nitrogens is 2. The minimum absolute atomic E-state index is 0.322. The Balaban J connectivity index is 2.71. The van der Waals surface area contributed by atoms with E-state index in [0.717, 1.165) is 0 Å². The first kappa shape index (κ1) is 9.57. The Bertz CT molecular complexity index is 232. The van der Waals surface area contributed by atoms with Gasteiger partial charge in [-0.05, 0) is 0 Å². The van der Waals surface area contributed by atoms with Crippen LogP contribution in [0.1, 0.15) is 11.7 Å². The zero-order valence-electron chi connectivity index (χ0n) is 6.26. The molecule has 0 aliphatic heterocycles. The van der Waals surface area contributed by atoms with Gasteiger partial charge in [0, 0.05) is 23.3 Å². The number of aliphatic hydroxyl groups is 2. The summed E-state index contributed by atoms with van der Waals surface area (Å²) in [4.78, 5) is 7.45. The Kier molecular flexibility index (Phi) is 3.58. The van der Waals surface area contributed by atoms with Crippen molar-refractivity contribution in [3.05, 3.63) is 24.3 Å². The fourth-order valence-electron chi connectivity index (χ4n) is 0.770. The highest BCUT2D eigenvalue weighted by Gasteiger charge is 2.16. The molecule has 0 aliphatic rings. The van der Waals surface area contributed by atoms with Crippen LogP contribution in [-0.4, -0.2) is 31.6 Å². The summed E-state index contributed by atoms with van der Waals surface area (Å²) in [6.07, 6.45) is 2.57. The van der Waals surface area contributed by atoms with Gasteiger partial charge in [-0.15, -0.1) is 0 Å². The molecule has 0 saturated heterocycles. The summed E-state index contributed by atoms with van der Waals surface area (Å²) in [5.74, 6) is 0. The standard InChI is InChI=1S/C7H9BrN2O2/c8-1-6(11)7(12)5-2-9-4-10-3-5/h2-4,6-7,11-12H,1H2. The number of halogens is 1. The molecule has 4 nitrogen and oxygen atoms in total. The van der Waals surface area contributed by atoms with Gasteiger partial charge in [0.2, 0.25) is 0 Å². The van der Waals surface area contributed by atoms with Crippen LogP contribution in [0.25, 0.3) is 0 Å². The molecule has 12 heavy (non-hydrogen) atoms. The van der Waals surface area contributed by atoms with E-state index >= 15 is 0 Å². The monoisotopic (exact) mass is 232 g/mol. The van der Waals surface area contributed by atoms with Crippen LogP contribution < -0.4 is 0 Å². The predicted molar refractivity (Wildman–Crippen MR) is 46.8 cm³/mol. The molecular formula is C7H9BrN2O2. The lowest BCUT2D eigenvalue weighted by atomic mass is 10.1. The predicted octanol–water partition coefficient (Wildman–Crippen LogP) is 0.266. The number of nitrogens with zero attached hydrogens (tertiary/aromatic N) is 2. The summed E-state index contributed by atoms with van der Waals surface area (Å²) in [7, 11) is 0. The third kappa shape index (κ3) is 2.23. The number of aliphatic hydroxyl groups excluding tert-OH is 2. The normalized spacial score (nSPS) is 15.6. The molecule has 0 saturated carbocycles. The van der Waals surface area contributed by atoms with Crippen LogP contribution in [0.15, 0.2) is 18.7 Å². The van der Waals surface area contributed by atoms with Gasteiger partial charge in [-0.25, -0.2) is 9.97 Å². The van der Waals surface area contributed by atoms with Crippen molar-refractivity contribution in [2.45, 2.75) is 12.2 Å². The number of alkyl halides is 1. The number of hydrogen-bond donors (Lipinski definition) is 2. The van der Waals surface area contributed by atoms with Gasteiger partial charge in [0.15, 0.2) is 0 Å². The summed E-state index contributed by atoms with van der Waals surface area (Å²) >= 11 is 3.06. The van der Waals surface area contributed by atoms with Crippen LogP contribution in [0.4, 0.5) is 0 Å². The van der Waals surface area contributed by atoms with Crippen LogP contribution in [-0.2, 0) is 0 Å². The molecule has 0 radical (unpaired) electrons. The van der Waals surface area contributed by atoms with Gasteiger partial charge < -0.3 is 10.2 Å². The van der Waals surface area contributed by atoms with E-state index in [1.54, 1.807) is 0 Å². The Labute approximate surface area is 78.4 Å². The molecule has 0 aromatic carbocycles. The van der Waals surface area contributed by atoms with E-state index in [1.807, 2.05) is 0 Å². The third-order valence-electron chi connectivity index (χ3n) is 1.44. The second-order valence-corrected chi connectivity index (χ2v) is 2.99. The van der Waals surface area contributed by atoms with Crippen LogP contribution >= 0.6 is 15.9 Å². The molecule has 2 N–H and O–H groups in total. The van der Waals surface area contributed by atoms with E-state index in [-0.39, 0.29) is 0 Å². The Morgan fingerprint density at radius 3 is 2.42 bits per heavy atom. The SMILES string of the molecule is OC(CBr)C(O)c1cncnc1. The van der Waals surface area contributed by atoms with Crippen molar-refractivity contribution in [1.29, 1.82) is 0 Å². The highest BCUT2D eigenvalue weighted by molar-refractivity contribution is 9.09. The molecular weight excluding hydrogens is 224 g/mol. The first-order valence-corrected chi connectivity index (χ1v) is 4.55. The zero-order chi connectivity index (χ0) is 8.97. The Hall–Kier alpha value is -0.520.